The van der Waals surface area contributed by atoms with Crippen LogP contribution in [-0.4, -0.2) is 13.7 Å². The van der Waals surface area contributed by atoms with E-state index in [1.54, 1.807) is 7.11 Å². The van der Waals surface area contributed by atoms with E-state index in [9.17, 15) is 0 Å². The highest BCUT2D eigenvalue weighted by Crippen LogP contribution is 2.33. The van der Waals surface area contributed by atoms with Gasteiger partial charge in [-0.25, -0.2) is 0 Å². The van der Waals surface area contributed by atoms with Gasteiger partial charge in [-0.1, -0.05) is 30.3 Å². The number of benzene rings is 2. The molecule has 5 heteroatoms. The number of hydrogen-bond donors (Lipinski definition) is 1. The summed E-state index contributed by atoms with van der Waals surface area (Å²) in [4.78, 5) is 0. The first-order chi connectivity index (χ1) is 10.2. The van der Waals surface area contributed by atoms with Crippen molar-refractivity contribution >= 4 is 35.0 Å². The maximum atomic E-state index is 5.63. The predicted molar refractivity (Wildman–Crippen MR) is 101 cm³/mol. The van der Waals surface area contributed by atoms with Gasteiger partial charge in [0.1, 0.15) is 0 Å². The molecule has 0 saturated heterocycles. The second kappa shape index (κ2) is 9.92. The van der Waals surface area contributed by atoms with E-state index in [0.717, 1.165) is 28.2 Å². The number of methoxy groups -OCH3 is 1. The second-order valence-corrected chi connectivity index (χ2v) is 5.79. The lowest BCUT2D eigenvalue weighted by atomic mass is 10.2. The Labute approximate surface area is 152 Å². The maximum absolute atomic E-state index is 5.63. The van der Waals surface area contributed by atoms with Crippen molar-refractivity contribution in [1.82, 2.24) is 5.32 Å². The third-order valence-electron chi connectivity index (χ3n) is 3.08. The number of rotatable bonds is 7. The van der Waals surface area contributed by atoms with Crippen molar-refractivity contribution in [2.45, 2.75) is 20.0 Å². The highest BCUT2D eigenvalue weighted by atomic mass is 127. The summed E-state index contributed by atoms with van der Waals surface area (Å²) in [6, 6.07) is 14.5. The molecule has 2 aromatic rings. The van der Waals surface area contributed by atoms with Crippen molar-refractivity contribution in [2.75, 3.05) is 13.7 Å². The molecule has 0 aliphatic rings. The Hall–Kier alpha value is -0.980. The fourth-order valence-electron chi connectivity index (χ4n) is 2.11. The average molecular weight is 434 g/mol. The van der Waals surface area contributed by atoms with E-state index in [4.69, 9.17) is 9.47 Å². The molecule has 120 valence electrons. The van der Waals surface area contributed by atoms with Crippen LogP contribution in [0.3, 0.4) is 0 Å². The molecule has 0 bridgehead atoms. The SMILES string of the molecule is CCOc1c(I)cc(CNCc2ccccc2)cc1OC.Cl. The number of nitrogens with one attached hydrogen (secondary N) is 1. The molecule has 0 radical (unpaired) electrons. The molecule has 0 saturated carbocycles. The second-order valence-electron chi connectivity index (χ2n) is 4.63. The summed E-state index contributed by atoms with van der Waals surface area (Å²) < 4.78 is 12.1. The van der Waals surface area contributed by atoms with Crippen molar-refractivity contribution in [3.8, 4) is 11.5 Å². The van der Waals surface area contributed by atoms with Gasteiger partial charge in [-0.05, 0) is 52.8 Å². The lowest BCUT2D eigenvalue weighted by molar-refractivity contribution is 0.308. The monoisotopic (exact) mass is 433 g/mol. The Bertz CT molecular complexity index is 578. The van der Waals surface area contributed by atoms with Crippen molar-refractivity contribution in [3.63, 3.8) is 0 Å². The molecule has 0 aromatic heterocycles. The zero-order valence-corrected chi connectivity index (χ0v) is 15.7. The first-order valence-electron chi connectivity index (χ1n) is 6.98. The molecule has 0 unspecified atom stereocenters. The lowest BCUT2D eigenvalue weighted by Gasteiger charge is -2.14. The van der Waals surface area contributed by atoms with Gasteiger partial charge in [-0.2, -0.15) is 0 Å². The molecule has 0 aliphatic heterocycles. The van der Waals surface area contributed by atoms with Crippen molar-refractivity contribution < 1.29 is 9.47 Å². The first kappa shape index (κ1) is 19.1. The van der Waals surface area contributed by atoms with Crippen molar-refractivity contribution in [1.29, 1.82) is 0 Å². The minimum atomic E-state index is 0. The van der Waals surface area contributed by atoms with Crippen LogP contribution in [-0.2, 0) is 13.1 Å². The van der Waals surface area contributed by atoms with Gasteiger partial charge < -0.3 is 14.8 Å². The standard InChI is InChI=1S/C17H20INO2.ClH/c1-3-21-17-15(18)9-14(10-16(17)20-2)12-19-11-13-7-5-4-6-8-13;/h4-10,19H,3,11-12H2,1-2H3;1H. The highest BCUT2D eigenvalue weighted by molar-refractivity contribution is 14.1. The van der Waals surface area contributed by atoms with E-state index in [-0.39, 0.29) is 12.4 Å². The first-order valence-corrected chi connectivity index (χ1v) is 8.06. The fraction of sp³-hybridized carbons (Fsp3) is 0.294. The van der Waals surface area contributed by atoms with Crippen LogP contribution in [0.2, 0.25) is 0 Å². The lowest BCUT2D eigenvalue weighted by Crippen LogP contribution is -2.13. The molecule has 0 fully saturated rings. The topological polar surface area (TPSA) is 30.5 Å². The molecule has 2 aromatic carbocycles. The van der Waals surface area contributed by atoms with Gasteiger partial charge in [-0.3, -0.25) is 0 Å². The summed E-state index contributed by atoms with van der Waals surface area (Å²) >= 11 is 2.29. The van der Waals surface area contributed by atoms with Crippen LogP contribution in [0.15, 0.2) is 42.5 Å². The molecular weight excluding hydrogens is 413 g/mol. The Morgan fingerprint density at radius 1 is 1.05 bits per heavy atom. The minimum absolute atomic E-state index is 0. The van der Waals surface area contributed by atoms with Crippen LogP contribution in [0.5, 0.6) is 11.5 Å². The quantitative estimate of drug-likeness (QED) is 0.656. The summed E-state index contributed by atoms with van der Waals surface area (Å²) in [7, 11) is 1.68. The van der Waals surface area contributed by atoms with Crippen LogP contribution >= 0.6 is 35.0 Å². The van der Waals surface area contributed by atoms with Gasteiger partial charge in [0.05, 0.1) is 17.3 Å². The number of hydrogen-bond acceptors (Lipinski definition) is 3. The summed E-state index contributed by atoms with van der Waals surface area (Å²) in [6.07, 6.45) is 0. The van der Waals surface area contributed by atoms with Gasteiger partial charge in [0.25, 0.3) is 0 Å². The van der Waals surface area contributed by atoms with Gasteiger partial charge in [0, 0.05) is 13.1 Å². The number of ether oxygens (including phenoxy) is 2. The Balaban J connectivity index is 0.00000242. The predicted octanol–water partition coefficient (Wildman–Crippen LogP) is 4.41. The van der Waals surface area contributed by atoms with Gasteiger partial charge in [0.15, 0.2) is 11.5 Å². The smallest absolute Gasteiger partial charge is 0.174 e. The number of halogens is 2. The average Bonchev–Trinajstić information content (AvgIpc) is 2.51. The maximum Gasteiger partial charge on any atom is 0.174 e. The normalized spacial score (nSPS) is 9.95. The fourth-order valence-corrected chi connectivity index (χ4v) is 2.93. The van der Waals surface area contributed by atoms with Crippen LogP contribution in [0.1, 0.15) is 18.1 Å². The summed E-state index contributed by atoms with van der Waals surface area (Å²) in [5, 5.41) is 3.45. The van der Waals surface area contributed by atoms with E-state index in [1.165, 1.54) is 11.1 Å². The third kappa shape index (κ3) is 5.34. The summed E-state index contributed by atoms with van der Waals surface area (Å²) in [6.45, 7) is 4.27. The molecular formula is C17H21ClINO2. The zero-order chi connectivity index (χ0) is 15.1. The van der Waals surface area contributed by atoms with E-state index < -0.39 is 0 Å². The van der Waals surface area contributed by atoms with E-state index in [0.29, 0.717) is 6.61 Å². The molecule has 0 aliphatic carbocycles. The van der Waals surface area contributed by atoms with E-state index in [1.807, 2.05) is 19.1 Å². The molecule has 2 rings (SSSR count). The van der Waals surface area contributed by atoms with Crippen LogP contribution in [0.4, 0.5) is 0 Å². The van der Waals surface area contributed by atoms with Gasteiger partial charge >= 0.3 is 0 Å². The van der Waals surface area contributed by atoms with Gasteiger partial charge in [0.2, 0.25) is 0 Å². The molecule has 0 heterocycles. The Morgan fingerprint density at radius 3 is 2.36 bits per heavy atom. The molecule has 3 nitrogen and oxygen atoms in total. The molecule has 0 atom stereocenters. The molecule has 22 heavy (non-hydrogen) atoms. The van der Waals surface area contributed by atoms with Crippen LogP contribution < -0.4 is 14.8 Å². The van der Waals surface area contributed by atoms with E-state index >= 15 is 0 Å². The van der Waals surface area contributed by atoms with Gasteiger partial charge in [-0.15, -0.1) is 12.4 Å². The summed E-state index contributed by atoms with van der Waals surface area (Å²) in [5.41, 5.74) is 2.47. The Kier molecular flexibility index (Phi) is 8.60. The largest absolute Gasteiger partial charge is 0.493 e. The zero-order valence-electron chi connectivity index (χ0n) is 12.8. The highest BCUT2D eigenvalue weighted by Gasteiger charge is 2.10. The minimum Gasteiger partial charge on any atom is -0.493 e. The molecule has 1 N–H and O–H groups in total. The van der Waals surface area contributed by atoms with E-state index in [2.05, 4.69) is 58.2 Å². The third-order valence-corrected chi connectivity index (χ3v) is 3.88. The van der Waals surface area contributed by atoms with Crippen molar-refractivity contribution in [2.24, 2.45) is 0 Å². The van der Waals surface area contributed by atoms with Crippen LogP contribution in [0.25, 0.3) is 0 Å². The molecule has 0 spiro atoms. The van der Waals surface area contributed by atoms with Crippen LogP contribution in [0, 0.1) is 3.57 Å². The Morgan fingerprint density at radius 2 is 1.73 bits per heavy atom. The summed E-state index contributed by atoms with van der Waals surface area (Å²) in [5.74, 6) is 1.62. The van der Waals surface area contributed by atoms with Crippen molar-refractivity contribution in [3.05, 3.63) is 57.2 Å². The molecule has 0 amide bonds.